The van der Waals surface area contributed by atoms with Crippen molar-refractivity contribution >= 4 is 29.2 Å². The molecule has 2 unspecified atom stereocenters. The molecule has 5 heteroatoms. The lowest BCUT2D eigenvalue weighted by Gasteiger charge is -2.15. The van der Waals surface area contributed by atoms with Crippen LogP contribution >= 0.6 is 12.4 Å². The number of aromatic amines is 1. The Balaban J connectivity index is 0.00000220. The van der Waals surface area contributed by atoms with Crippen molar-refractivity contribution in [2.75, 3.05) is 0 Å². The van der Waals surface area contributed by atoms with Crippen molar-refractivity contribution in [2.45, 2.75) is 40.3 Å². The Morgan fingerprint density at radius 1 is 1.33 bits per heavy atom. The second-order valence-electron chi connectivity index (χ2n) is 5.62. The van der Waals surface area contributed by atoms with Crippen molar-refractivity contribution < 1.29 is 4.79 Å². The lowest BCUT2D eigenvalue weighted by molar-refractivity contribution is -0.125. The van der Waals surface area contributed by atoms with Gasteiger partial charge < -0.3 is 16.0 Å². The molecule has 0 spiro atoms. The van der Waals surface area contributed by atoms with Crippen LogP contribution in [0.5, 0.6) is 0 Å². The van der Waals surface area contributed by atoms with E-state index in [9.17, 15) is 4.79 Å². The van der Waals surface area contributed by atoms with Crippen molar-refractivity contribution in [3.8, 4) is 0 Å². The maximum absolute atomic E-state index is 11.9. The van der Waals surface area contributed by atoms with E-state index in [0.29, 0.717) is 6.54 Å². The van der Waals surface area contributed by atoms with E-state index in [2.05, 4.69) is 36.3 Å². The van der Waals surface area contributed by atoms with E-state index < -0.39 is 0 Å². The molecule has 21 heavy (non-hydrogen) atoms. The zero-order chi connectivity index (χ0) is 14.9. The maximum atomic E-state index is 11.9. The number of aryl methyl sites for hydroxylation is 2. The highest BCUT2D eigenvalue weighted by atomic mass is 35.5. The minimum absolute atomic E-state index is 0. The Hall–Kier alpha value is -1.52. The summed E-state index contributed by atoms with van der Waals surface area (Å²) in [7, 11) is 0. The molecule has 1 aromatic heterocycles. The number of halogens is 1. The number of benzene rings is 1. The van der Waals surface area contributed by atoms with E-state index in [1.807, 2.05) is 19.9 Å². The number of nitrogens with two attached hydrogens (primary N) is 1. The quantitative estimate of drug-likeness (QED) is 0.812. The van der Waals surface area contributed by atoms with E-state index in [1.54, 1.807) is 0 Å². The first-order chi connectivity index (χ1) is 9.40. The molecular formula is C16H24ClN3O. The van der Waals surface area contributed by atoms with Gasteiger partial charge in [-0.05, 0) is 44.0 Å². The van der Waals surface area contributed by atoms with E-state index in [1.165, 1.54) is 16.6 Å². The molecule has 1 amide bonds. The fourth-order valence-corrected chi connectivity index (χ4v) is 2.21. The first kappa shape index (κ1) is 17.5. The largest absolute Gasteiger partial charge is 0.358 e. The number of carbonyl (C=O) groups excluding carboxylic acids is 1. The van der Waals surface area contributed by atoms with Crippen LogP contribution in [0.3, 0.4) is 0 Å². The van der Waals surface area contributed by atoms with Gasteiger partial charge in [-0.1, -0.05) is 13.0 Å². The molecule has 0 saturated carbocycles. The van der Waals surface area contributed by atoms with E-state index in [0.717, 1.165) is 11.1 Å². The second kappa shape index (κ2) is 6.96. The molecular weight excluding hydrogens is 286 g/mol. The summed E-state index contributed by atoms with van der Waals surface area (Å²) in [6.07, 6.45) is 0. The fraction of sp³-hybridized carbons (Fsp3) is 0.438. The molecule has 1 aromatic carbocycles. The van der Waals surface area contributed by atoms with E-state index in [4.69, 9.17) is 5.73 Å². The molecule has 0 fully saturated rings. The van der Waals surface area contributed by atoms with Crippen LogP contribution in [0.15, 0.2) is 18.2 Å². The van der Waals surface area contributed by atoms with Gasteiger partial charge >= 0.3 is 0 Å². The van der Waals surface area contributed by atoms with Crippen molar-refractivity contribution in [3.63, 3.8) is 0 Å². The van der Waals surface area contributed by atoms with E-state index >= 15 is 0 Å². The van der Waals surface area contributed by atoms with Crippen LogP contribution in [0.4, 0.5) is 0 Å². The number of aromatic nitrogens is 1. The summed E-state index contributed by atoms with van der Waals surface area (Å²) < 4.78 is 0. The highest BCUT2D eigenvalue weighted by Gasteiger charge is 2.16. The lowest BCUT2D eigenvalue weighted by Crippen LogP contribution is -2.38. The number of fused-ring (bicyclic) bond motifs is 1. The zero-order valence-electron chi connectivity index (χ0n) is 13.0. The number of hydrogen-bond acceptors (Lipinski definition) is 2. The molecule has 116 valence electrons. The Kier molecular flexibility index (Phi) is 5.81. The molecule has 2 rings (SSSR count). The maximum Gasteiger partial charge on any atom is 0.224 e. The number of hydrogen-bond donors (Lipinski definition) is 3. The van der Waals surface area contributed by atoms with Gasteiger partial charge in [0.1, 0.15) is 0 Å². The fourth-order valence-electron chi connectivity index (χ4n) is 2.21. The Bertz CT molecular complexity index is 634. The summed E-state index contributed by atoms with van der Waals surface area (Å²) in [6.45, 7) is 8.41. The van der Waals surface area contributed by atoms with Gasteiger partial charge in [0, 0.05) is 35.1 Å². The van der Waals surface area contributed by atoms with Crippen LogP contribution in [-0.4, -0.2) is 16.9 Å². The topological polar surface area (TPSA) is 70.9 Å². The summed E-state index contributed by atoms with van der Waals surface area (Å²) in [5.41, 5.74) is 10.4. The Labute approximate surface area is 131 Å². The average Bonchev–Trinajstić information content (AvgIpc) is 2.70. The van der Waals surface area contributed by atoms with Crippen LogP contribution in [0, 0.1) is 19.8 Å². The predicted molar refractivity (Wildman–Crippen MR) is 89.7 cm³/mol. The first-order valence-corrected chi connectivity index (χ1v) is 7.01. The van der Waals surface area contributed by atoms with Crippen molar-refractivity contribution in [2.24, 2.45) is 11.7 Å². The van der Waals surface area contributed by atoms with Crippen LogP contribution in [-0.2, 0) is 11.3 Å². The van der Waals surface area contributed by atoms with Gasteiger partial charge in [-0.2, -0.15) is 0 Å². The van der Waals surface area contributed by atoms with Crippen molar-refractivity contribution in [3.05, 3.63) is 35.0 Å². The molecule has 2 atom stereocenters. The number of carbonyl (C=O) groups is 1. The molecule has 0 aliphatic rings. The van der Waals surface area contributed by atoms with Crippen LogP contribution < -0.4 is 11.1 Å². The molecule has 0 aliphatic heterocycles. The van der Waals surface area contributed by atoms with E-state index in [-0.39, 0.29) is 30.3 Å². The van der Waals surface area contributed by atoms with Gasteiger partial charge in [0.25, 0.3) is 0 Å². The van der Waals surface area contributed by atoms with Crippen molar-refractivity contribution in [1.29, 1.82) is 0 Å². The molecule has 0 bridgehead atoms. The van der Waals surface area contributed by atoms with Crippen molar-refractivity contribution in [1.82, 2.24) is 10.3 Å². The summed E-state index contributed by atoms with van der Waals surface area (Å²) in [4.78, 5) is 15.2. The van der Waals surface area contributed by atoms with Gasteiger partial charge in [-0.15, -0.1) is 12.4 Å². The number of nitrogens with one attached hydrogen (secondary N) is 2. The molecule has 4 N–H and O–H groups in total. The SMILES string of the molecule is Cc1[nH]c2ccc(CNC(=O)C(C)C(C)N)cc2c1C.Cl. The molecule has 4 nitrogen and oxygen atoms in total. The summed E-state index contributed by atoms with van der Waals surface area (Å²) >= 11 is 0. The Morgan fingerprint density at radius 2 is 2.00 bits per heavy atom. The number of amides is 1. The smallest absolute Gasteiger partial charge is 0.224 e. The van der Waals surface area contributed by atoms with Crippen LogP contribution in [0.2, 0.25) is 0 Å². The summed E-state index contributed by atoms with van der Waals surface area (Å²) in [5.74, 6) is -0.169. The third-order valence-corrected chi connectivity index (χ3v) is 4.04. The predicted octanol–water partition coefficient (Wildman–Crippen LogP) is 2.81. The lowest BCUT2D eigenvalue weighted by atomic mass is 10.0. The summed E-state index contributed by atoms with van der Waals surface area (Å²) in [5, 5.41) is 4.16. The molecule has 0 aliphatic carbocycles. The third kappa shape index (κ3) is 3.77. The third-order valence-electron chi connectivity index (χ3n) is 4.04. The number of H-pyrrole nitrogens is 1. The van der Waals surface area contributed by atoms with Gasteiger partial charge in [0.05, 0.1) is 0 Å². The Morgan fingerprint density at radius 3 is 2.62 bits per heavy atom. The van der Waals surface area contributed by atoms with Gasteiger partial charge in [-0.3, -0.25) is 4.79 Å². The monoisotopic (exact) mass is 309 g/mol. The highest BCUT2D eigenvalue weighted by Crippen LogP contribution is 2.22. The average molecular weight is 310 g/mol. The first-order valence-electron chi connectivity index (χ1n) is 7.01. The van der Waals surface area contributed by atoms with Crippen LogP contribution in [0.1, 0.15) is 30.7 Å². The van der Waals surface area contributed by atoms with Gasteiger partial charge in [-0.25, -0.2) is 0 Å². The normalized spacial score (nSPS) is 13.6. The summed E-state index contributed by atoms with van der Waals surface area (Å²) in [6, 6.07) is 6.10. The molecule has 1 heterocycles. The standard InChI is InChI=1S/C16H23N3O.ClH/c1-9(11(3)17)16(20)18-8-13-5-6-15-14(7-13)10(2)12(4)19-15;/h5-7,9,11,19H,8,17H2,1-4H3,(H,18,20);1H. The minimum atomic E-state index is -0.171. The van der Waals surface area contributed by atoms with Crippen LogP contribution in [0.25, 0.3) is 10.9 Å². The van der Waals surface area contributed by atoms with Gasteiger partial charge in [0.15, 0.2) is 0 Å². The van der Waals surface area contributed by atoms with Gasteiger partial charge in [0.2, 0.25) is 5.91 Å². The molecule has 2 aromatic rings. The molecule has 0 saturated heterocycles. The molecule has 0 radical (unpaired) electrons. The zero-order valence-corrected chi connectivity index (χ0v) is 13.8. The second-order valence-corrected chi connectivity index (χ2v) is 5.62. The highest BCUT2D eigenvalue weighted by molar-refractivity contribution is 5.85. The minimum Gasteiger partial charge on any atom is -0.358 e. The number of rotatable bonds is 4.